The molecule has 1 aromatic heterocycles. The van der Waals surface area contributed by atoms with E-state index >= 15 is 0 Å². The Morgan fingerprint density at radius 2 is 2.30 bits per heavy atom. The van der Waals surface area contributed by atoms with Crippen molar-refractivity contribution < 1.29 is 18.7 Å². The largest absolute Gasteiger partial charge is 0.467 e. The van der Waals surface area contributed by atoms with E-state index in [1.165, 1.54) is 6.26 Å². The summed E-state index contributed by atoms with van der Waals surface area (Å²) in [6, 6.07) is 3.38. The van der Waals surface area contributed by atoms with Gasteiger partial charge in [-0.3, -0.25) is 4.79 Å². The summed E-state index contributed by atoms with van der Waals surface area (Å²) in [6.07, 6.45) is 2.62. The third kappa shape index (κ3) is 2.05. The van der Waals surface area contributed by atoms with Gasteiger partial charge in [0.1, 0.15) is 12.4 Å². The van der Waals surface area contributed by atoms with Crippen LogP contribution in [-0.4, -0.2) is 29.4 Å². The first-order valence-corrected chi connectivity index (χ1v) is 6.27. The molecule has 0 aromatic carbocycles. The second-order valence-electron chi connectivity index (χ2n) is 4.84. The zero-order valence-electron chi connectivity index (χ0n) is 11.6. The number of hydrogen-bond donors (Lipinski definition) is 0. The highest BCUT2D eigenvalue weighted by Crippen LogP contribution is 2.50. The van der Waals surface area contributed by atoms with Crippen molar-refractivity contribution in [3.05, 3.63) is 49.0 Å². The van der Waals surface area contributed by atoms with Crippen LogP contribution in [0.5, 0.6) is 0 Å². The van der Waals surface area contributed by atoms with Gasteiger partial charge in [0.05, 0.1) is 12.3 Å². The topological polar surface area (TPSA) is 59.5 Å². The number of hydrogen-bond acceptors (Lipinski definition) is 4. The van der Waals surface area contributed by atoms with E-state index < -0.39 is 11.5 Å². The number of rotatable bonds is 5. The van der Waals surface area contributed by atoms with E-state index in [9.17, 15) is 9.59 Å². The Balaban J connectivity index is 2.28. The van der Waals surface area contributed by atoms with Crippen LogP contribution in [0.3, 0.4) is 0 Å². The van der Waals surface area contributed by atoms with Crippen molar-refractivity contribution in [3.63, 3.8) is 0 Å². The lowest BCUT2D eigenvalue weighted by Crippen LogP contribution is -2.27. The fourth-order valence-electron chi connectivity index (χ4n) is 2.39. The van der Waals surface area contributed by atoms with E-state index in [-0.39, 0.29) is 18.6 Å². The van der Waals surface area contributed by atoms with Crippen LogP contribution in [0, 0.1) is 0 Å². The maximum atomic E-state index is 12.2. The minimum absolute atomic E-state index is 0.0333. The quantitative estimate of drug-likeness (QED) is 0.468. The average Bonchev–Trinajstić information content (AvgIpc) is 2.83. The Morgan fingerprint density at radius 3 is 2.80 bits per heavy atom. The number of carbonyl (C=O) groups is 2. The van der Waals surface area contributed by atoms with Gasteiger partial charge in [0.25, 0.3) is 0 Å². The molecular weight excluding hydrogens is 258 g/mol. The number of amides is 1. The summed E-state index contributed by atoms with van der Waals surface area (Å²) in [6.45, 7) is 10.6. The molecule has 1 aliphatic rings. The van der Waals surface area contributed by atoms with Crippen molar-refractivity contribution in [2.45, 2.75) is 25.4 Å². The predicted molar refractivity (Wildman–Crippen MR) is 72.7 cm³/mol. The summed E-state index contributed by atoms with van der Waals surface area (Å²) < 4.78 is 10.5. The Morgan fingerprint density at radius 1 is 1.60 bits per heavy atom. The SMILES string of the molecule is C=CC(=O)OCC1(c2ccco2)C(C)N1C(=O)C(=C)C. The molecule has 0 aliphatic carbocycles. The number of esters is 1. The molecule has 5 heteroatoms. The van der Waals surface area contributed by atoms with Crippen molar-refractivity contribution in [2.75, 3.05) is 6.61 Å². The number of ether oxygens (including phenoxy) is 1. The Hall–Kier alpha value is -2.30. The molecule has 1 amide bonds. The van der Waals surface area contributed by atoms with Gasteiger partial charge in [-0.05, 0) is 26.0 Å². The summed E-state index contributed by atoms with van der Waals surface area (Å²) in [5, 5.41) is 0. The molecule has 2 heterocycles. The van der Waals surface area contributed by atoms with E-state index in [1.54, 1.807) is 24.0 Å². The van der Waals surface area contributed by atoms with Gasteiger partial charge in [0, 0.05) is 11.6 Å². The number of nitrogens with zero attached hydrogens (tertiary/aromatic N) is 1. The van der Waals surface area contributed by atoms with Crippen LogP contribution in [0.2, 0.25) is 0 Å². The zero-order chi connectivity index (χ0) is 14.9. The molecule has 5 nitrogen and oxygen atoms in total. The molecule has 106 valence electrons. The lowest BCUT2D eigenvalue weighted by molar-refractivity contribution is -0.140. The van der Waals surface area contributed by atoms with E-state index in [2.05, 4.69) is 13.2 Å². The molecule has 0 saturated carbocycles. The predicted octanol–water partition coefficient (Wildman–Crippen LogP) is 2.01. The third-order valence-corrected chi connectivity index (χ3v) is 3.57. The van der Waals surface area contributed by atoms with Crippen LogP contribution in [0.1, 0.15) is 19.6 Å². The van der Waals surface area contributed by atoms with Crippen molar-refractivity contribution in [1.29, 1.82) is 0 Å². The van der Waals surface area contributed by atoms with Crippen molar-refractivity contribution in [3.8, 4) is 0 Å². The maximum Gasteiger partial charge on any atom is 0.330 e. The van der Waals surface area contributed by atoms with Crippen molar-refractivity contribution >= 4 is 11.9 Å². The van der Waals surface area contributed by atoms with Gasteiger partial charge in [0.2, 0.25) is 5.91 Å². The first kappa shape index (κ1) is 14.1. The standard InChI is InChI=1S/C15H17NO4/c1-5-13(17)20-9-15(12-7-6-8-19-12)11(4)16(15)14(18)10(2)3/h5-8,11H,1-2,9H2,3-4H3. The fraction of sp³-hybridized carbons (Fsp3) is 0.333. The molecule has 1 aromatic rings. The Kier molecular flexibility index (Phi) is 3.53. The molecule has 20 heavy (non-hydrogen) atoms. The van der Waals surface area contributed by atoms with Crippen LogP contribution in [0.25, 0.3) is 0 Å². The molecule has 0 radical (unpaired) electrons. The Labute approximate surface area is 117 Å². The summed E-state index contributed by atoms with van der Waals surface area (Å²) in [5.74, 6) is -0.113. The van der Waals surface area contributed by atoms with E-state index in [0.717, 1.165) is 6.08 Å². The summed E-state index contributed by atoms with van der Waals surface area (Å²) in [7, 11) is 0. The van der Waals surface area contributed by atoms with Crippen LogP contribution in [-0.2, 0) is 19.9 Å². The monoisotopic (exact) mass is 275 g/mol. The highest BCUT2D eigenvalue weighted by molar-refractivity contribution is 5.95. The molecular formula is C15H17NO4. The molecule has 1 saturated heterocycles. The minimum atomic E-state index is -0.752. The van der Waals surface area contributed by atoms with E-state index in [4.69, 9.17) is 9.15 Å². The third-order valence-electron chi connectivity index (χ3n) is 3.57. The van der Waals surface area contributed by atoms with Crippen molar-refractivity contribution in [2.24, 2.45) is 0 Å². The lowest BCUT2D eigenvalue weighted by Gasteiger charge is -2.15. The lowest BCUT2D eigenvalue weighted by atomic mass is 10.0. The molecule has 2 unspecified atom stereocenters. The summed E-state index contributed by atoms with van der Waals surface area (Å²) in [4.78, 5) is 25.1. The Bertz CT molecular complexity index is 560. The molecule has 0 N–H and O–H groups in total. The van der Waals surface area contributed by atoms with Crippen LogP contribution in [0.4, 0.5) is 0 Å². The summed E-state index contributed by atoms with van der Waals surface area (Å²) in [5.41, 5.74) is -0.321. The highest BCUT2D eigenvalue weighted by atomic mass is 16.5. The van der Waals surface area contributed by atoms with Gasteiger partial charge in [0.15, 0.2) is 5.54 Å². The highest BCUT2D eigenvalue weighted by Gasteiger charge is 2.66. The summed E-state index contributed by atoms with van der Waals surface area (Å²) >= 11 is 0. The van der Waals surface area contributed by atoms with Crippen LogP contribution >= 0.6 is 0 Å². The number of carbonyl (C=O) groups excluding carboxylic acids is 2. The molecule has 0 bridgehead atoms. The van der Waals surface area contributed by atoms with E-state index in [1.807, 2.05) is 6.92 Å². The van der Waals surface area contributed by atoms with Gasteiger partial charge >= 0.3 is 5.97 Å². The van der Waals surface area contributed by atoms with Gasteiger partial charge in [-0.25, -0.2) is 4.79 Å². The molecule has 2 atom stereocenters. The van der Waals surface area contributed by atoms with Gasteiger partial charge in [-0.1, -0.05) is 13.2 Å². The maximum absolute atomic E-state index is 12.2. The molecule has 2 rings (SSSR count). The molecule has 1 fully saturated rings. The first-order chi connectivity index (χ1) is 9.45. The molecule has 0 spiro atoms. The second-order valence-corrected chi connectivity index (χ2v) is 4.84. The van der Waals surface area contributed by atoms with Gasteiger partial charge in [-0.2, -0.15) is 0 Å². The average molecular weight is 275 g/mol. The minimum Gasteiger partial charge on any atom is -0.467 e. The smallest absolute Gasteiger partial charge is 0.330 e. The second kappa shape index (κ2) is 5.00. The van der Waals surface area contributed by atoms with Crippen molar-refractivity contribution in [1.82, 2.24) is 4.90 Å². The normalized spacial score (nSPS) is 24.1. The van der Waals surface area contributed by atoms with Gasteiger partial charge in [-0.15, -0.1) is 0 Å². The first-order valence-electron chi connectivity index (χ1n) is 6.27. The van der Waals surface area contributed by atoms with Crippen LogP contribution < -0.4 is 0 Å². The number of furan rings is 1. The van der Waals surface area contributed by atoms with Gasteiger partial charge < -0.3 is 14.1 Å². The fourth-order valence-corrected chi connectivity index (χ4v) is 2.39. The van der Waals surface area contributed by atoms with E-state index in [0.29, 0.717) is 11.3 Å². The van der Waals surface area contributed by atoms with Crippen LogP contribution in [0.15, 0.2) is 47.6 Å². The molecule has 1 aliphatic heterocycles. The zero-order valence-corrected chi connectivity index (χ0v) is 11.6.